The molecule has 1 aliphatic heterocycles. The van der Waals surface area contributed by atoms with Crippen LogP contribution in [0.2, 0.25) is 5.02 Å². The highest BCUT2D eigenvalue weighted by Gasteiger charge is 2.16. The van der Waals surface area contributed by atoms with Crippen molar-refractivity contribution in [2.75, 3.05) is 11.9 Å². The molecule has 0 aliphatic carbocycles. The fraction of sp³-hybridized carbons (Fsp3) is 0.111. The van der Waals surface area contributed by atoms with Gasteiger partial charge in [0.05, 0.1) is 16.8 Å². The van der Waals surface area contributed by atoms with Gasteiger partial charge in [-0.3, -0.25) is 9.79 Å². The molecule has 5 rings (SSSR count). The highest BCUT2D eigenvalue weighted by molar-refractivity contribution is 6.31. The van der Waals surface area contributed by atoms with Crippen LogP contribution in [0.5, 0.6) is 0 Å². The Bertz CT molecular complexity index is 1480. The third-order valence-corrected chi connectivity index (χ3v) is 5.77. The lowest BCUT2D eigenvalue weighted by Gasteiger charge is -2.15. The molecule has 0 fully saturated rings. The molecule has 0 bridgehead atoms. The van der Waals surface area contributed by atoms with Crippen LogP contribution in [0.3, 0.4) is 0 Å². The zero-order valence-electron chi connectivity index (χ0n) is 18.6. The number of benzene rings is 3. The smallest absolute Gasteiger partial charge is 0.253 e. The maximum atomic E-state index is 13.5. The molecule has 174 valence electrons. The Morgan fingerprint density at radius 2 is 1.91 bits per heavy atom. The Balaban J connectivity index is 1.47. The summed E-state index contributed by atoms with van der Waals surface area (Å²) in [5, 5.41) is 7.50. The average Bonchev–Trinajstić information content (AvgIpc) is 2.88. The number of nitrogens with zero attached hydrogens (tertiary/aromatic N) is 3. The molecular formula is C27H21ClFN5O. The SMILES string of the molecule is O=C(NCc1cccc(F)c1)c1ccccc1Nc1nc(C2=CCCN=C2)nc2cc(Cl)ccc12. The summed E-state index contributed by atoms with van der Waals surface area (Å²) < 4.78 is 13.5. The Hall–Kier alpha value is -4.10. The first-order valence-corrected chi connectivity index (χ1v) is 11.5. The molecule has 0 spiro atoms. The van der Waals surface area contributed by atoms with Crippen LogP contribution >= 0.6 is 11.6 Å². The van der Waals surface area contributed by atoms with Gasteiger partial charge in [-0.2, -0.15) is 0 Å². The van der Waals surface area contributed by atoms with Crippen LogP contribution in [0.1, 0.15) is 28.2 Å². The average molecular weight is 486 g/mol. The number of aliphatic imine (C=N–C) groups is 1. The van der Waals surface area contributed by atoms with Crippen molar-refractivity contribution in [2.24, 2.45) is 4.99 Å². The number of hydrogen-bond donors (Lipinski definition) is 2. The first-order chi connectivity index (χ1) is 17.1. The Kier molecular flexibility index (Phi) is 6.50. The van der Waals surface area contributed by atoms with Gasteiger partial charge in [0, 0.05) is 35.3 Å². The minimum atomic E-state index is -0.344. The van der Waals surface area contributed by atoms with E-state index in [0.29, 0.717) is 39.0 Å². The molecule has 1 aliphatic rings. The molecule has 1 amide bonds. The summed E-state index contributed by atoms with van der Waals surface area (Å²) in [7, 11) is 0. The predicted molar refractivity (Wildman–Crippen MR) is 138 cm³/mol. The van der Waals surface area contributed by atoms with Gasteiger partial charge < -0.3 is 10.6 Å². The predicted octanol–water partition coefficient (Wildman–Crippen LogP) is 5.95. The molecule has 6 nitrogen and oxygen atoms in total. The number of carbonyl (C=O) groups is 1. The second-order valence-corrected chi connectivity index (χ2v) is 8.46. The van der Waals surface area contributed by atoms with E-state index in [-0.39, 0.29) is 18.3 Å². The number of rotatable bonds is 6. The van der Waals surface area contributed by atoms with E-state index in [1.165, 1.54) is 12.1 Å². The second kappa shape index (κ2) is 10.0. The molecule has 8 heteroatoms. The molecular weight excluding hydrogens is 465 g/mol. The number of aromatic nitrogens is 2. The summed E-state index contributed by atoms with van der Waals surface area (Å²) in [5.41, 5.74) is 3.20. The van der Waals surface area contributed by atoms with E-state index >= 15 is 0 Å². The highest BCUT2D eigenvalue weighted by Crippen LogP contribution is 2.29. The van der Waals surface area contributed by atoms with Crippen LogP contribution < -0.4 is 10.6 Å². The van der Waals surface area contributed by atoms with Gasteiger partial charge in [-0.25, -0.2) is 14.4 Å². The van der Waals surface area contributed by atoms with Crippen LogP contribution in [0.15, 0.2) is 77.8 Å². The number of fused-ring (bicyclic) bond motifs is 1. The molecule has 0 saturated heterocycles. The molecule has 0 saturated carbocycles. The topological polar surface area (TPSA) is 79.3 Å². The van der Waals surface area contributed by atoms with Crippen molar-refractivity contribution in [3.05, 3.63) is 101 Å². The number of anilines is 2. The summed E-state index contributed by atoms with van der Waals surface area (Å²) in [6.45, 7) is 0.948. The molecule has 35 heavy (non-hydrogen) atoms. The number of dihydropyridines is 1. The summed E-state index contributed by atoms with van der Waals surface area (Å²) in [5.74, 6) is 0.440. The van der Waals surface area contributed by atoms with E-state index in [2.05, 4.69) is 26.7 Å². The normalized spacial score (nSPS) is 12.9. The fourth-order valence-corrected chi connectivity index (χ4v) is 3.99. The molecule has 1 aromatic heterocycles. The molecule has 0 atom stereocenters. The number of allylic oxidation sites excluding steroid dienone is 1. The maximum Gasteiger partial charge on any atom is 0.253 e. The van der Waals surface area contributed by atoms with E-state index in [1.54, 1.807) is 42.6 Å². The Labute approximate surface area is 206 Å². The lowest BCUT2D eigenvalue weighted by molar-refractivity contribution is 0.0951. The van der Waals surface area contributed by atoms with Crippen molar-refractivity contribution in [3.63, 3.8) is 0 Å². The molecule has 0 unspecified atom stereocenters. The Morgan fingerprint density at radius 3 is 2.74 bits per heavy atom. The van der Waals surface area contributed by atoms with E-state index in [1.807, 2.05) is 18.2 Å². The second-order valence-electron chi connectivity index (χ2n) is 8.02. The van der Waals surface area contributed by atoms with Gasteiger partial charge in [0.2, 0.25) is 0 Å². The van der Waals surface area contributed by atoms with Gasteiger partial charge in [0.1, 0.15) is 11.6 Å². The third kappa shape index (κ3) is 5.20. The van der Waals surface area contributed by atoms with Crippen molar-refractivity contribution in [1.82, 2.24) is 15.3 Å². The van der Waals surface area contributed by atoms with Crippen molar-refractivity contribution in [3.8, 4) is 0 Å². The lowest BCUT2D eigenvalue weighted by Crippen LogP contribution is -2.23. The minimum absolute atomic E-state index is 0.206. The highest BCUT2D eigenvalue weighted by atomic mass is 35.5. The van der Waals surface area contributed by atoms with Gasteiger partial charge in [-0.15, -0.1) is 0 Å². The van der Waals surface area contributed by atoms with E-state index in [4.69, 9.17) is 16.6 Å². The minimum Gasteiger partial charge on any atom is -0.348 e. The number of para-hydroxylation sites is 1. The molecule has 3 aromatic carbocycles. The first-order valence-electron chi connectivity index (χ1n) is 11.1. The zero-order valence-corrected chi connectivity index (χ0v) is 19.4. The largest absolute Gasteiger partial charge is 0.348 e. The number of amides is 1. The number of hydrogen-bond acceptors (Lipinski definition) is 5. The van der Waals surface area contributed by atoms with Gasteiger partial charge in [-0.05, 0) is 54.4 Å². The summed E-state index contributed by atoms with van der Waals surface area (Å²) in [4.78, 5) is 26.8. The van der Waals surface area contributed by atoms with Crippen molar-refractivity contribution < 1.29 is 9.18 Å². The molecule has 2 N–H and O–H groups in total. The van der Waals surface area contributed by atoms with Gasteiger partial charge in [-0.1, -0.05) is 41.9 Å². The fourth-order valence-electron chi connectivity index (χ4n) is 3.83. The molecule has 2 heterocycles. The van der Waals surface area contributed by atoms with Crippen LogP contribution in [0, 0.1) is 5.82 Å². The third-order valence-electron chi connectivity index (χ3n) is 5.54. The summed E-state index contributed by atoms with van der Waals surface area (Å²) in [6, 6.07) is 18.7. The van der Waals surface area contributed by atoms with E-state index in [9.17, 15) is 9.18 Å². The van der Waals surface area contributed by atoms with Gasteiger partial charge in [0.25, 0.3) is 5.91 Å². The van der Waals surface area contributed by atoms with Gasteiger partial charge >= 0.3 is 0 Å². The first kappa shape index (κ1) is 22.7. The number of carbonyl (C=O) groups excluding carboxylic acids is 1. The van der Waals surface area contributed by atoms with E-state index in [0.717, 1.165) is 23.9 Å². The van der Waals surface area contributed by atoms with Crippen LogP contribution in [0.25, 0.3) is 16.5 Å². The van der Waals surface area contributed by atoms with Gasteiger partial charge in [0.15, 0.2) is 5.82 Å². The number of halogens is 2. The lowest BCUT2D eigenvalue weighted by atomic mass is 10.1. The summed E-state index contributed by atoms with van der Waals surface area (Å²) >= 11 is 6.23. The zero-order chi connectivity index (χ0) is 24.2. The monoisotopic (exact) mass is 485 g/mol. The van der Waals surface area contributed by atoms with Crippen LogP contribution in [-0.2, 0) is 6.54 Å². The van der Waals surface area contributed by atoms with Crippen molar-refractivity contribution >= 4 is 51.7 Å². The maximum absolute atomic E-state index is 13.5. The standard InChI is InChI=1S/C27H21ClFN5O/c28-19-10-11-21-24(14-19)33-25(18-6-4-12-30-16-18)34-26(21)32-23-9-2-1-8-22(23)27(35)31-15-17-5-3-7-20(29)13-17/h1-3,5-11,13-14,16H,4,12,15H2,(H,31,35)(H,32,33,34). The van der Waals surface area contributed by atoms with Crippen molar-refractivity contribution in [2.45, 2.75) is 13.0 Å². The van der Waals surface area contributed by atoms with E-state index < -0.39 is 0 Å². The van der Waals surface area contributed by atoms with Crippen LogP contribution in [-0.4, -0.2) is 28.6 Å². The molecule has 4 aromatic rings. The molecule has 0 radical (unpaired) electrons. The Morgan fingerprint density at radius 1 is 1.03 bits per heavy atom. The quantitative estimate of drug-likeness (QED) is 0.353. The summed E-state index contributed by atoms with van der Waals surface area (Å²) in [6.07, 6.45) is 4.64. The van der Waals surface area contributed by atoms with Crippen molar-refractivity contribution in [1.29, 1.82) is 0 Å². The van der Waals surface area contributed by atoms with Crippen LogP contribution in [0.4, 0.5) is 15.9 Å². The number of nitrogens with one attached hydrogen (secondary N) is 2.